The molecule has 2 aromatic carbocycles. The maximum absolute atomic E-state index is 13.7. The number of hydrogen-bond donors (Lipinski definition) is 1. The molecule has 0 aliphatic rings. The minimum absolute atomic E-state index is 2.05. The van der Waals surface area contributed by atoms with Crippen molar-refractivity contribution in [2.75, 3.05) is 0 Å². The van der Waals surface area contributed by atoms with E-state index in [2.05, 4.69) is 5.03 Å². The molecule has 0 fully saturated rings. The van der Waals surface area contributed by atoms with Crippen molar-refractivity contribution in [3.05, 3.63) is 58.2 Å². The molecule has 2 nitrogen and oxygen atoms in total. The van der Waals surface area contributed by atoms with E-state index in [1.807, 2.05) is 0 Å². The Bertz CT molecular complexity index is 773. The van der Waals surface area contributed by atoms with Gasteiger partial charge >= 0.3 is 6.85 Å². The Morgan fingerprint density at radius 1 is 0.440 bits per heavy atom. The normalized spacial score (nSPS) is 11.0. The second-order valence-corrected chi connectivity index (χ2v) is 4.50. The molecule has 0 aromatic heterocycles. The molecule has 0 radical (unpaired) electrons. The molecule has 2 rings (SSSR count). The first-order chi connectivity index (χ1) is 11.6. The molecular weight excluding hydrogens is 373 g/mol. The van der Waals surface area contributed by atoms with Gasteiger partial charge < -0.3 is 0 Å². The highest BCUT2D eigenvalue weighted by Gasteiger charge is 2.40. The van der Waals surface area contributed by atoms with Crippen molar-refractivity contribution in [2.45, 2.75) is 0 Å². The van der Waals surface area contributed by atoms with Crippen LogP contribution in [0.5, 0.6) is 0 Å². The summed E-state index contributed by atoms with van der Waals surface area (Å²) in [4.78, 5) is 0. The van der Waals surface area contributed by atoms with Gasteiger partial charge in [-0.3, -0.25) is 0 Å². The summed E-state index contributed by atoms with van der Waals surface area (Å²) in [5.74, 6) is -26.0. The molecule has 25 heavy (non-hydrogen) atoms. The van der Waals surface area contributed by atoms with E-state index in [4.69, 9.17) is 5.53 Å². The molecule has 2 aromatic rings. The van der Waals surface area contributed by atoms with Crippen LogP contribution in [0.25, 0.3) is 0 Å². The van der Waals surface area contributed by atoms with Crippen LogP contribution >= 0.6 is 0 Å². The topological polar surface area (TPSA) is 36.2 Å². The molecule has 0 aliphatic carbocycles. The first-order valence-electron chi connectivity index (χ1n) is 5.95. The van der Waals surface area contributed by atoms with Crippen molar-refractivity contribution in [3.8, 4) is 0 Å². The summed E-state index contributed by atoms with van der Waals surface area (Å²) in [6, 6.07) is 0. The Hall–Kier alpha value is -2.60. The second-order valence-electron chi connectivity index (χ2n) is 4.50. The fourth-order valence-corrected chi connectivity index (χ4v) is 2.00. The molecule has 0 spiro atoms. The van der Waals surface area contributed by atoms with E-state index in [1.54, 1.807) is 0 Å². The summed E-state index contributed by atoms with van der Waals surface area (Å²) in [6.07, 6.45) is 0. The van der Waals surface area contributed by atoms with Gasteiger partial charge in [-0.2, -0.15) is 0 Å². The Kier molecular flexibility index (Phi) is 4.77. The van der Waals surface area contributed by atoms with Gasteiger partial charge in [-0.05, 0) is 0 Å². The Morgan fingerprint density at radius 3 is 0.840 bits per heavy atom. The lowest BCUT2D eigenvalue weighted by Gasteiger charge is -2.14. The smallest absolute Gasteiger partial charge is 0.248 e. The first-order valence-corrected chi connectivity index (χ1v) is 5.95. The Balaban J connectivity index is 2.92. The van der Waals surface area contributed by atoms with Gasteiger partial charge in [0.05, 0.1) is 0 Å². The maximum atomic E-state index is 13.7. The average molecular weight is 374 g/mol. The number of rotatable bonds is 3. The Labute approximate surface area is 131 Å². The van der Waals surface area contributed by atoms with Crippen molar-refractivity contribution in [1.29, 1.82) is 5.53 Å². The van der Waals surface area contributed by atoms with Gasteiger partial charge in [0.25, 0.3) is 0 Å². The highest BCUT2D eigenvalue weighted by Crippen LogP contribution is 2.20. The zero-order valence-corrected chi connectivity index (χ0v) is 11.3. The molecule has 0 amide bonds. The third-order valence-corrected chi connectivity index (χ3v) is 3.16. The van der Waals surface area contributed by atoms with E-state index in [0.717, 1.165) is 0 Å². The first kappa shape index (κ1) is 18.7. The lowest BCUT2D eigenvalue weighted by atomic mass is 9.51. The third kappa shape index (κ3) is 2.63. The number of hydrogen-bond acceptors (Lipinski definition) is 2. The van der Waals surface area contributed by atoms with Gasteiger partial charge in [-0.25, -0.2) is 54.5 Å². The molecule has 0 atom stereocenters. The average Bonchev–Trinajstić information content (AvgIpc) is 2.60. The van der Waals surface area contributed by atoms with E-state index < -0.39 is 75.9 Å². The summed E-state index contributed by atoms with van der Waals surface area (Å²) < 4.78 is 133. The monoisotopic (exact) mass is 374 g/mol. The van der Waals surface area contributed by atoms with Crippen LogP contribution in [0.1, 0.15) is 0 Å². The molecule has 1 N–H and O–H groups in total. The van der Waals surface area contributed by atoms with Crippen LogP contribution in [-0.2, 0) is 0 Å². The van der Waals surface area contributed by atoms with Crippen molar-refractivity contribution < 1.29 is 43.9 Å². The van der Waals surface area contributed by atoms with Crippen LogP contribution in [-0.4, -0.2) is 6.85 Å². The van der Waals surface area contributed by atoms with Crippen LogP contribution in [0.3, 0.4) is 0 Å². The van der Waals surface area contributed by atoms with E-state index >= 15 is 0 Å². The van der Waals surface area contributed by atoms with Crippen LogP contribution in [0.4, 0.5) is 43.9 Å². The van der Waals surface area contributed by atoms with Gasteiger partial charge in [-0.1, -0.05) is 0 Å². The third-order valence-electron chi connectivity index (χ3n) is 3.16. The SMILES string of the molecule is N=NB(c1c(F)c(F)c(F)c(F)c1F)c1c(F)c(F)c(F)c(F)c1F. The van der Waals surface area contributed by atoms with Crippen LogP contribution in [0, 0.1) is 63.7 Å². The quantitative estimate of drug-likeness (QED) is 0.282. The van der Waals surface area contributed by atoms with Crippen molar-refractivity contribution in [1.82, 2.24) is 0 Å². The summed E-state index contributed by atoms with van der Waals surface area (Å²) in [5, 5.41) is 2.27. The second kappa shape index (κ2) is 6.37. The fraction of sp³-hybridized carbons (Fsp3) is 0. The molecule has 13 heteroatoms. The van der Waals surface area contributed by atoms with Crippen LogP contribution in [0.2, 0.25) is 0 Å². The number of nitrogens with zero attached hydrogens (tertiary/aromatic N) is 1. The molecule has 0 unspecified atom stereocenters. The molecule has 0 heterocycles. The minimum atomic E-state index is -3.02. The van der Waals surface area contributed by atoms with E-state index in [-0.39, 0.29) is 0 Å². The van der Waals surface area contributed by atoms with E-state index in [9.17, 15) is 43.9 Å². The van der Waals surface area contributed by atoms with Gasteiger partial charge in [-0.15, -0.1) is 0 Å². The van der Waals surface area contributed by atoms with E-state index in [1.165, 1.54) is 0 Å². The lowest BCUT2D eigenvalue weighted by molar-refractivity contribution is 0.382. The van der Waals surface area contributed by atoms with Gasteiger partial charge in [0.1, 0.15) is 0 Å². The largest absolute Gasteiger partial charge is 0.384 e. The van der Waals surface area contributed by atoms with E-state index in [0.29, 0.717) is 0 Å². The molecule has 0 saturated carbocycles. The predicted molar refractivity (Wildman–Crippen MR) is 62.6 cm³/mol. The number of halogens is 10. The Morgan fingerprint density at radius 2 is 0.640 bits per heavy atom. The molecule has 0 saturated heterocycles. The standard InChI is InChI=1S/C12HBF10N2/c14-3-1(4(15)8(19)11(22)7(3)18)13(25-24)2-5(16)9(20)12(23)10(21)6(2)17/h24H. The predicted octanol–water partition coefficient (Wildman–Crippen LogP) is 3.21. The van der Waals surface area contributed by atoms with Gasteiger partial charge in [0.2, 0.25) is 0 Å². The number of benzene rings is 2. The molecule has 0 aliphatic heterocycles. The summed E-state index contributed by atoms with van der Waals surface area (Å²) in [6.45, 7) is -3.02. The molecule has 132 valence electrons. The highest BCUT2D eigenvalue weighted by molar-refractivity contribution is 6.83. The zero-order chi connectivity index (χ0) is 19.2. The zero-order valence-electron chi connectivity index (χ0n) is 11.3. The fourth-order valence-electron chi connectivity index (χ4n) is 2.00. The van der Waals surface area contributed by atoms with Crippen LogP contribution < -0.4 is 10.9 Å². The molecular formula is C12HBF10N2. The van der Waals surface area contributed by atoms with Crippen molar-refractivity contribution >= 4 is 17.8 Å². The molecule has 0 bridgehead atoms. The highest BCUT2D eigenvalue weighted by atomic mass is 19.2. The van der Waals surface area contributed by atoms with Crippen molar-refractivity contribution in [3.63, 3.8) is 0 Å². The van der Waals surface area contributed by atoms with Crippen LogP contribution in [0.15, 0.2) is 5.03 Å². The lowest BCUT2D eigenvalue weighted by Crippen LogP contribution is -2.49. The summed E-state index contributed by atoms with van der Waals surface area (Å²) >= 11 is 0. The summed E-state index contributed by atoms with van der Waals surface area (Å²) in [7, 11) is 0. The minimum Gasteiger partial charge on any atom is -0.248 e. The van der Waals surface area contributed by atoms with Gasteiger partial charge in [0.15, 0.2) is 58.2 Å². The van der Waals surface area contributed by atoms with Crippen molar-refractivity contribution in [2.24, 2.45) is 5.03 Å². The summed E-state index contributed by atoms with van der Waals surface area (Å²) in [5.41, 5.74) is 2.60. The number of nitrogens with one attached hydrogen (secondary N) is 1. The maximum Gasteiger partial charge on any atom is 0.384 e. The van der Waals surface area contributed by atoms with Gasteiger partial charge in [0, 0.05) is 10.9 Å².